The van der Waals surface area contributed by atoms with Crippen molar-refractivity contribution in [2.45, 2.75) is 84.5 Å². The fourth-order valence-corrected chi connectivity index (χ4v) is 5.54. The minimum Gasteiger partial charge on any atom is -0.461 e. The maximum Gasteiger partial charge on any atom is 0.362 e. The molecule has 1 aromatic carbocycles. The Morgan fingerprint density at radius 1 is 1.09 bits per heavy atom. The molecule has 2 unspecified atom stereocenters. The summed E-state index contributed by atoms with van der Waals surface area (Å²) >= 11 is 0. The molecule has 4 atom stereocenters. The Hall–Kier alpha value is -2.65. The third kappa shape index (κ3) is 4.56. The highest BCUT2D eigenvalue weighted by atomic mass is 16.5. The van der Waals surface area contributed by atoms with Gasteiger partial charge in [0.15, 0.2) is 0 Å². The lowest BCUT2D eigenvalue weighted by Crippen LogP contribution is -2.51. The third-order valence-electron chi connectivity index (χ3n) is 6.87. The van der Waals surface area contributed by atoms with E-state index in [1.54, 1.807) is 6.92 Å². The van der Waals surface area contributed by atoms with Gasteiger partial charge in [-0.2, -0.15) is 0 Å². The topological polar surface area (TPSA) is 64.4 Å². The van der Waals surface area contributed by atoms with Gasteiger partial charge in [0.25, 0.3) is 5.56 Å². The highest BCUT2D eigenvalue weighted by molar-refractivity contribution is 5.89. The van der Waals surface area contributed by atoms with Crippen molar-refractivity contribution in [2.75, 3.05) is 6.61 Å². The van der Waals surface area contributed by atoms with Gasteiger partial charge in [-0.25, -0.2) is 9.78 Å². The summed E-state index contributed by atoms with van der Waals surface area (Å²) in [5.41, 5.74) is 0.976. The van der Waals surface area contributed by atoms with E-state index in [1.165, 1.54) is 0 Å². The molecule has 6 nitrogen and oxygen atoms in total. The quantitative estimate of drug-likeness (QED) is 0.499. The Bertz CT molecular complexity index is 1130. The van der Waals surface area contributed by atoms with Crippen LogP contribution < -0.4 is 5.56 Å². The van der Waals surface area contributed by atoms with Gasteiger partial charge in [0.05, 0.1) is 23.7 Å². The van der Waals surface area contributed by atoms with E-state index in [0.29, 0.717) is 29.4 Å². The number of hydrogen-bond donors (Lipinski definition) is 0. The molecular weight excluding hydrogens is 414 g/mol. The maximum absolute atomic E-state index is 13.5. The number of ether oxygens (including phenoxy) is 1. The SMILES string of the molecule is CCOC(=O)c1nc2ccccc2n(C2C[C@H]3CC[C@@H](C2)N3C(C#CC(C)C)C(C)C)c1=O. The first-order chi connectivity index (χ1) is 15.8. The average molecular weight is 450 g/mol. The Morgan fingerprint density at radius 2 is 1.76 bits per heavy atom. The van der Waals surface area contributed by atoms with Gasteiger partial charge >= 0.3 is 5.97 Å². The summed E-state index contributed by atoms with van der Waals surface area (Å²) < 4.78 is 6.96. The highest BCUT2D eigenvalue weighted by Gasteiger charge is 2.45. The molecular formula is C27H35N3O3. The van der Waals surface area contributed by atoms with Crippen molar-refractivity contribution in [1.29, 1.82) is 0 Å². The molecule has 176 valence electrons. The van der Waals surface area contributed by atoms with Crippen molar-refractivity contribution in [1.82, 2.24) is 14.5 Å². The van der Waals surface area contributed by atoms with E-state index in [4.69, 9.17) is 4.74 Å². The van der Waals surface area contributed by atoms with Crippen LogP contribution >= 0.6 is 0 Å². The zero-order chi connectivity index (χ0) is 23.7. The Morgan fingerprint density at radius 3 is 2.36 bits per heavy atom. The fraction of sp³-hybridized carbons (Fsp3) is 0.593. The van der Waals surface area contributed by atoms with E-state index in [9.17, 15) is 9.59 Å². The number of fused-ring (bicyclic) bond motifs is 3. The zero-order valence-corrected chi connectivity index (χ0v) is 20.4. The Kier molecular flexibility index (Phi) is 6.90. The first-order valence-electron chi connectivity index (χ1n) is 12.3. The molecule has 0 spiro atoms. The van der Waals surface area contributed by atoms with Crippen LogP contribution in [0.3, 0.4) is 0 Å². The molecule has 2 bridgehead atoms. The van der Waals surface area contributed by atoms with Gasteiger partial charge < -0.3 is 9.30 Å². The molecule has 2 fully saturated rings. The highest BCUT2D eigenvalue weighted by Crippen LogP contribution is 2.43. The van der Waals surface area contributed by atoms with Crippen LogP contribution in [0.4, 0.5) is 0 Å². The van der Waals surface area contributed by atoms with Crippen LogP contribution in [-0.4, -0.2) is 45.2 Å². The second-order valence-electron chi connectivity index (χ2n) is 9.93. The minimum atomic E-state index is -0.647. The third-order valence-corrected chi connectivity index (χ3v) is 6.87. The van der Waals surface area contributed by atoms with Gasteiger partial charge in [0.2, 0.25) is 5.69 Å². The number of carbonyl (C=O) groups excluding carboxylic acids is 1. The summed E-state index contributed by atoms with van der Waals surface area (Å²) in [5, 5.41) is 0. The van der Waals surface area contributed by atoms with E-state index in [0.717, 1.165) is 31.2 Å². The normalized spacial score (nSPS) is 23.5. The van der Waals surface area contributed by atoms with Crippen LogP contribution in [0.1, 0.15) is 76.8 Å². The standard InChI is InChI=1S/C27H35N3O3/c1-6-33-27(32)25-26(31)30(24-10-8-7-9-22(24)28-25)21-15-19-12-13-20(16-21)29(19)23(18(4)5)14-11-17(2)3/h7-10,17-21,23H,6,12-13,15-16H2,1-5H3/t19-,20+,21?,23?. The molecule has 1 aromatic heterocycles. The van der Waals surface area contributed by atoms with Crippen molar-refractivity contribution < 1.29 is 9.53 Å². The molecule has 2 aromatic rings. The summed E-state index contributed by atoms with van der Waals surface area (Å²) in [6.07, 6.45) is 3.99. The first kappa shape index (κ1) is 23.5. The van der Waals surface area contributed by atoms with Gasteiger partial charge in [-0.3, -0.25) is 9.69 Å². The lowest BCUT2D eigenvalue weighted by atomic mass is 9.91. The zero-order valence-electron chi connectivity index (χ0n) is 20.4. The average Bonchev–Trinajstić information content (AvgIpc) is 3.01. The number of aromatic nitrogens is 2. The fourth-order valence-electron chi connectivity index (χ4n) is 5.54. The van der Waals surface area contributed by atoms with E-state index < -0.39 is 5.97 Å². The summed E-state index contributed by atoms with van der Waals surface area (Å²) in [7, 11) is 0. The van der Waals surface area contributed by atoms with E-state index in [1.807, 2.05) is 28.8 Å². The molecule has 3 heterocycles. The van der Waals surface area contributed by atoms with Gasteiger partial charge in [-0.1, -0.05) is 51.7 Å². The molecule has 33 heavy (non-hydrogen) atoms. The predicted octanol–water partition coefficient (Wildman–Crippen LogP) is 4.43. The van der Waals surface area contributed by atoms with Crippen LogP contribution in [0.5, 0.6) is 0 Å². The van der Waals surface area contributed by atoms with Crippen LogP contribution in [0.15, 0.2) is 29.1 Å². The van der Waals surface area contributed by atoms with Gasteiger partial charge in [0, 0.05) is 24.0 Å². The monoisotopic (exact) mass is 449 g/mol. The number of piperidine rings is 1. The first-order valence-corrected chi connectivity index (χ1v) is 12.3. The molecule has 2 saturated heterocycles. The lowest BCUT2D eigenvalue weighted by Gasteiger charge is -2.44. The maximum atomic E-state index is 13.5. The summed E-state index contributed by atoms with van der Waals surface area (Å²) in [6.45, 7) is 10.7. The van der Waals surface area contributed by atoms with E-state index in [-0.39, 0.29) is 29.9 Å². The van der Waals surface area contributed by atoms with Crippen molar-refractivity contribution in [2.24, 2.45) is 11.8 Å². The molecule has 2 aliphatic rings. The number of esters is 1. The van der Waals surface area contributed by atoms with Gasteiger partial charge in [-0.05, 0) is 50.7 Å². The molecule has 0 N–H and O–H groups in total. The second kappa shape index (κ2) is 9.69. The van der Waals surface area contributed by atoms with Crippen molar-refractivity contribution in [3.8, 4) is 11.8 Å². The van der Waals surface area contributed by atoms with Crippen LogP contribution in [-0.2, 0) is 4.74 Å². The molecule has 4 rings (SSSR count). The molecule has 0 amide bonds. The second-order valence-corrected chi connectivity index (χ2v) is 9.93. The summed E-state index contributed by atoms with van der Waals surface area (Å²) in [5.74, 6) is 7.10. The molecule has 0 aliphatic carbocycles. The van der Waals surface area contributed by atoms with Crippen molar-refractivity contribution in [3.05, 3.63) is 40.3 Å². The van der Waals surface area contributed by atoms with Crippen LogP contribution in [0.2, 0.25) is 0 Å². The van der Waals surface area contributed by atoms with Crippen LogP contribution in [0, 0.1) is 23.7 Å². The smallest absolute Gasteiger partial charge is 0.362 e. The van der Waals surface area contributed by atoms with Crippen LogP contribution in [0.25, 0.3) is 11.0 Å². The van der Waals surface area contributed by atoms with E-state index in [2.05, 4.69) is 49.4 Å². The number of rotatable bonds is 5. The molecule has 0 saturated carbocycles. The van der Waals surface area contributed by atoms with Gasteiger partial charge in [0.1, 0.15) is 0 Å². The van der Waals surface area contributed by atoms with Gasteiger partial charge in [-0.15, -0.1) is 0 Å². The number of nitrogens with zero attached hydrogens (tertiary/aromatic N) is 3. The van der Waals surface area contributed by atoms with Crippen molar-refractivity contribution in [3.63, 3.8) is 0 Å². The number of hydrogen-bond acceptors (Lipinski definition) is 5. The van der Waals surface area contributed by atoms with E-state index >= 15 is 0 Å². The largest absolute Gasteiger partial charge is 0.461 e. The molecule has 6 heteroatoms. The Labute approximate surface area is 196 Å². The minimum absolute atomic E-state index is 0.0261. The molecule has 2 aliphatic heterocycles. The lowest BCUT2D eigenvalue weighted by molar-refractivity contribution is 0.0513. The predicted molar refractivity (Wildman–Crippen MR) is 130 cm³/mol. The summed E-state index contributed by atoms with van der Waals surface area (Å²) in [4.78, 5) is 33.0. The Balaban J connectivity index is 1.72. The summed E-state index contributed by atoms with van der Waals surface area (Å²) in [6, 6.07) is 8.60. The number of carbonyl (C=O) groups is 1. The number of para-hydroxylation sites is 2. The van der Waals surface area contributed by atoms with Crippen molar-refractivity contribution >= 4 is 17.0 Å². The number of benzene rings is 1. The molecule has 0 radical (unpaired) electrons.